The third-order valence-electron chi connectivity index (χ3n) is 5.16. The number of amides is 1. The van der Waals surface area contributed by atoms with Gasteiger partial charge in [0.1, 0.15) is 11.1 Å². The Bertz CT molecular complexity index is 1520. The summed E-state index contributed by atoms with van der Waals surface area (Å²) in [5.41, 5.74) is 1.45. The van der Waals surface area contributed by atoms with E-state index in [0.29, 0.717) is 28.2 Å². The van der Waals surface area contributed by atoms with Crippen LogP contribution in [0.1, 0.15) is 21.7 Å². The van der Waals surface area contributed by atoms with Crippen molar-refractivity contribution in [1.29, 1.82) is 0 Å². The van der Waals surface area contributed by atoms with Gasteiger partial charge in [0.2, 0.25) is 5.43 Å². The molecule has 9 nitrogen and oxygen atoms in total. The Labute approximate surface area is 207 Å². The van der Waals surface area contributed by atoms with Crippen LogP contribution in [0.3, 0.4) is 0 Å². The lowest BCUT2D eigenvalue weighted by Crippen LogP contribution is -2.25. The molecule has 0 aliphatic heterocycles. The molecular weight excluding hydrogens is 523 g/mol. The molecule has 0 aliphatic carbocycles. The summed E-state index contributed by atoms with van der Waals surface area (Å²) in [4.78, 5) is 36.8. The first-order valence-electron chi connectivity index (χ1n) is 10.3. The number of hydrogen-bond donors (Lipinski definition) is 2. The Morgan fingerprint density at radius 3 is 2.51 bits per heavy atom. The Morgan fingerprint density at radius 2 is 1.83 bits per heavy atom. The zero-order valence-corrected chi connectivity index (χ0v) is 20.7. The van der Waals surface area contributed by atoms with E-state index in [2.05, 4.69) is 36.2 Å². The Kier molecular flexibility index (Phi) is 6.70. The number of benzene rings is 1. The summed E-state index contributed by atoms with van der Waals surface area (Å²) >= 11 is 3.18. The van der Waals surface area contributed by atoms with Crippen LogP contribution in [0.15, 0.2) is 45.8 Å². The number of rotatable bonds is 6. The van der Waals surface area contributed by atoms with E-state index in [1.54, 1.807) is 26.0 Å². The van der Waals surface area contributed by atoms with Crippen molar-refractivity contribution >= 4 is 38.6 Å². The highest BCUT2D eigenvalue weighted by Gasteiger charge is 2.19. The van der Waals surface area contributed by atoms with Gasteiger partial charge in [0, 0.05) is 41.5 Å². The molecule has 2 N–H and O–H groups in total. The first-order chi connectivity index (χ1) is 16.7. The van der Waals surface area contributed by atoms with E-state index in [-0.39, 0.29) is 33.1 Å². The van der Waals surface area contributed by atoms with Gasteiger partial charge in [-0.1, -0.05) is 0 Å². The van der Waals surface area contributed by atoms with Crippen molar-refractivity contribution in [3.05, 3.63) is 74.0 Å². The maximum Gasteiger partial charge on any atom is 0.261 e. The van der Waals surface area contributed by atoms with Crippen molar-refractivity contribution in [2.45, 2.75) is 13.8 Å². The number of aryl methyl sites for hydroxylation is 2. The number of pyridine rings is 3. The summed E-state index contributed by atoms with van der Waals surface area (Å²) in [6.45, 7) is 3.33. The minimum atomic E-state index is -0.732. The summed E-state index contributed by atoms with van der Waals surface area (Å²) in [6.07, 6.45) is 1.50. The maximum absolute atomic E-state index is 14.9. The highest BCUT2D eigenvalue weighted by Crippen LogP contribution is 2.35. The van der Waals surface area contributed by atoms with Crippen LogP contribution in [0.2, 0.25) is 0 Å². The molecular formula is C24H20BrFN4O5. The molecule has 0 saturated heterocycles. The van der Waals surface area contributed by atoms with Gasteiger partial charge in [-0.15, -0.1) is 0 Å². The third-order valence-corrected chi connectivity index (χ3v) is 6.12. The molecule has 3 heterocycles. The second kappa shape index (κ2) is 9.71. The van der Waals surface area contributed by atoms with Gasteiger partial charge in [0.15, 0.2) is 23.1 Å². The highest BCUT2D eigenvalue weighted by atomic mass is 79.9. The molecule has 0 radical (unpaired) electrons. The van der Waals surface area contributed by atoms with Gasteiger partial charge in [0.25, 0.3) is 11.8 Å². The van der Waals surface area contributed by atoms with E-state index in [0.717, 1.165) is 6.07 Å². The molecule has 1 amide bonds. The van der Waals surface area contributed by atoms with Crippen LogP contribution in [0.25, 0.3) is 11.0 Å². The number of methoxy groups -OCH3 is 2. The van der Waals surface area contributed by atoms with Crippen LogP contribution in [-0.4, -0.2) is 35.1 Å². The average molecular weight is 543 g/mol. The predicted molar refractivity (Wildman–Crippen MR) is 131 cm³/mol. The second-order valence-corrected chi connectivity index (χ2v) is 8.26. The summed E-state index contributed by atoms with van der Waals surface area (Å²) in [5.74, 6) is -0.626. The Balaban J connectivity index is 1.61. The van der Waals surface area contributed by atoms with Gasteiger partial charge in [-0.2, -0.15) is 0 Å². The van der Waals surface area contributed by atoms with Crippen LogP contribution < -0.4 is 25.0 Å². The molecule has 4 rings (SSSR count). The quantitative estimate of drug-likeness (QED) is 0.356. The van der Waals surface area contributed by atoms with E-state index in [1.165, 1.54) is 32.5 Å². The van der Waals surface area contributed by atoms with Crippen LogP contribution in [0, 0.1) is 19.7 Å². The minimum Gasteiger partial charge on any atom is -0.491 e. The second-order valence-electron chi connectivity index (χ2n) is 7.47. The molecule has 1 aromatic carbocycles. The van der Waals surface area contributed by atoms with Crippen molar-refractivity contribution in [3.8, 4) is 23.1 Å². The molecule has 3 aromatic heterocycles. The largest absolute Gasteiger partial charge is 0.491 e. The molecule has 0 saturated carbocycles. The predicted octanol–water partition coefficient (Wildman–Crippen LogP) is 4.90. The Hall–Kier alpha value is -3.99. The molecule has 0 unspecified atom stereocenters. The van der Waals surface area contributed by atoms with Crippen molar-refractivity contribution < 1.29 is 23.4 Å². The summed E-state index contributed by atoms with van der Waals surface area (Å²) < 4.78 is 31.4. The first kappa shape index (κ1) is 24.1. The summed E-state index contributed by atoms with van der Waals surface area (Å²) in [5, 5.41) is 2.55. The molecule has 11 heteroatoms. The molecule has 0 spiro atoms. The smallest absolute Gasteiger partial charge is 0.261 e. The van der Waals surface area contributed by atoms with E-state index < -0.39 is 17.2 Å². The fourth-order valence-electron chi connectivity index (χ4n) is 3.48. The van der Waals surface area contributed by atoms with E-state index in [9.17, 15) is 14.0 Å². The van der Waals surface area contributed by atoms with Gasteiger partial charge in [0.05, 0.1) is 24.2 Å². The SMILES string of the molecule is COc1cc2nccc(Oc3ccc(NC(=O)c4c(C)[nH]c(C)c(Br)c4=O)cc3F)c2nc1OC. The Morgan fingerprint density at radius 1 is 1.06 bits per heavy atom. The van der Waals surface area contributed by atoms with E-state index in [4.69, 9.17) is 14.2 Å². The highest BCUT2D eigenvalue weighted by molar-refractivity contribution is 9.10. The average Bonchev–Trinajstić information content (AvgIpc) is 2.83. The number of ether oxygens (including phenoxy) is 3. The number of anilines is 1. The number of carbonyl (C=O) groups is 1. The van der Waals surface area contributed by atoms with Crippen LogP contribution >= 0.6 is 15.9 Å². The lowest BCUT2D eigenvalue weighted by atomic mass is 10.1. The summed E-state index contributed by atoms with van der Waals surface area (Å²) in [7, 11) is 2.93. The number of H-pyrrole nitrogens is 1. The van der Waals surface area contributed by atoms with Crippen molar-refractivity contribution in [3.63, 3.8) is 0 Å². The normalized spacial score (nSPS) is 10.8. The standard InChI is InChI=1S/C24H20BrFN4O5/c1-11-19(22(31)20(25)12(2)28-11)23(32)29-13-5-6-16(14(26)9-13)35-17-7-8-27-15-10-18(33-3)24(34-4)30-21(15)17/h5-10H,1-4H3,(H,28,31)(H,29,32). The molecule has 35 heavy (non-hydrogen) atoms. The number of nitrogens with one attached hydrogen (secondary N) is 2. The van der Waals surface area contributed by atoms with Crippen LogP contribution in [0.4, 0.5) is 10.1 Å². The monoisotopic (exact) mass is 542 g/mol. The fourth-order valence-corrected chi connectivity index (χ4v) is 3.78. The molecule has 0 atom stereocenters. The third kappa shape index (κ3) is 4.67. The van der Waals surface area contributed by atoms with Crippen LogP contribution in [0.5, 0.6) is 23.1 Å². The van der Waals surface area contributed by atoms with Crippen molar-refractivity contribution in [2.75, 3.05) is 19.5 Å². The number of halogens is 2. The lowest BCUT2D eigenvalue weighted by molar-refractivity contribution is 0.102. The van der Waals surface area contributed by atoms with Gasteiger partial charge in [-0.25, -0.2) is 9.37 Å². The maximum atomic E-state index is 14.9. The fraction of sp³-hybridized carbons (Fsp3) is 0.167. The zero-order valence-electron chi connectivity index (χ0n) is 19.2. The number of aromatic amines is 1. The zero-order chi connectivity index (χ0) is 25.3. The molecule has 180 valence electrons. The van der Waals surface area contributed by atoms with E-state index in [1.807, 2.05) is 0 Å². The van der Waals surface area contributed by atoms with Gasteiger partial charge in [-0.05, 0) is 41.9 Å². The van der Waals surface area contributed by atoms with Crippen molar-refractivity contribution in [2.24, 2.45) is 0 Å². The van der Waals surface area contributed by atoms with Crippen molar-refractivity contribution in [1.82, 2.24) is 15.0 Å². The number of carbonyl (C=O) groups excluding carboxylic acids is 1. The summed E-state index contributed by atoms with van der Waals surface area (Å²) in [6, 6.07) is 7.10. The number of fused-ring (bicyclic) bond motifs is 1. The number of hydrogen-bond acceptors (Lipinski definition) is 7. The molecule has 4 aromatic rings. The first-order valence-corrected chi connectivity index (χ1v) is 11.1. The van der Waals surface area contributed by atoms with Gasteiger partial charge < -0.3 is 24.5 Å². The molecule has 0 fully saturated rings. The van der Waals surface area contributed by atoms with E-state index >= 15 is 0 Å². The number of aromatic nitrogens is 3. The minimum absolute atomic E-state index is 0.0677. The molecule has 0 bridgehead atoms. The lowest BCUT2D eigenvalue weighted by Gasteiger charge is -2.13. The van der Waals surface area contributed by atoms with Gasteiger partial charge in [-0.3, -0.25) is 14.6 Å². The topological polar surface area (TPSA) is 115 Å². The van der Waals surface area contributed by atoms with Crippen LogP contribution in [-0.2, 0) is 0 Å². The molecule has 0 aliphatic rings. The van der Waals surface area contributed by atoms with Gasteiger partial charge >= 0.3 is 0 Å². The number of nitrogens with zero attached hydrogens (tertiary/aromatic N) is 2.